The number of thiazole rings is 1. The molecule has 4 aromatic rings. The first-order chi connectivity index (χ1) is 14.2. The first-order valence-corrected chi connectivity index (χ1v) is 10.5. The van der Waals surface area contributed by atoms with Gasteiger partial charge in [0.2, 0.25) is 5.89 Å². The smallest absolute Gasteiger partial charge is 0.266 e. The summed E-state index contributed by atoms with van der Waals surface area (Å²) < 4.78 is 6.03. The second kappa shape index (κ2) is 7.36. The second-order valence-corrected chi connectivity index (χ2v) is 8.04. The molecule has 146 valence electrons. The van der Waals surface area contributed by atoms with Gasteiger partial charge in [0.15, 0.2) is 0 Å². The van der Waals surface area contributed by atoms with Crippen molar-refractivity contribution in [3.05, 3.63) is 58.5 Å². The highest BCUT2D eigenvalue weighted by Crippen LogP contribution is 2.31. The van der Waals surface area contributed by atoms with E-state index < -0.39 is 0 Å². The minimum absolute atomic E-state index is 0.0251. The number of carbonyl (C=O) groups is 1. The first-order valence-electron chi connectivity index (χ1n) is 9.57. The third-order valence-electron chi connectivity index (χ3n) is 5.31. The fourth-order valence-corrected chi connectivity index (χ4v) is 4.57. The van der Waals surface area contributed by atoms with Crippen molar-refractivity contribution in [3.63, 3.8) is 0 Å². The lowest BCUT2D eigenvalue weighted by atomic mass is 9.98. The van der Waals surface area contributed by atoms with Crippen LogP contribution in [0.4, 0.5) is 0 Å². The molecular formula is C21H19N5O2S. The van der Waals surface area contributed by atoms with E-state index in [0.29, 0.717) is 28.9 Å². The molecule has 0 bridgehead atoms. The van der Waals surface area contributed by atoms with Crippen LogP contribution in [0.15, 0.2) is 46.5 Å². The van der Waals surface area contributed by atoms with Crippen molar-refractivity contribution in [2.24, 2.45) is 0 Å². The topological polar surface area (TPSA) is 85.0 Å². The molecule has 0 radical (unpaired) electrons. The van der Waals surface area contributed by atoms with Gasteiger partial charge in [-0.2, -0.15) is 0 Å². The SMILES string of the molecule is Cc1ncsc1C(=O)N1CCCC(c2nnc(-c3nccc4ccccc34)o2)C1. The van der Waals surface area contributed by atoms with Crippen molar-refractivity contribution in [1.29, 1.82) is 0 Å². The third kappa shape index (κ3) is 3.29. The Hall–Kier alpha value is -3.13. The molecule has 3 aromatic heterocycles. The van der Waals surface area contributed by atoms with Gasteiger partial charge in [0, 0.05) is 24.7 Å². The lowest BCUT2D eigenvalue weighted by molar-refractivity contribution is 0.0702. The van der Waals surface area contributed by atoms with E-state index in [0.717, 1.165) is 35.9 Å². The Morgan fingerprint density at radius 1 is 1.21 bits per heavy atom. The number of hydrogen-bond donors (Lipinski definition) is 0. The van der Waals surface area contributed by atoms with Crippen LogP contribution >= 0.6 is 11.3 Å². The maximum absolute atomic E-state index is 12.9. The molecule has 8 heteroatoms. The summed E-state index contributed by atoms with van der Waals surface area (Å²) in [4.78, 5) is 24.1. The number of nitrogens with zero attached hydrogens (tertiary/aromatic N) is 5. The molecule has 0 spiro atoms. The third-order valence-corrected chi connectivity index (χ3v) is 6.23. The van der Waals surface area contributed by atoms with Crippen LogP contribution < -0.4 is 0 Å². The summed E-state index contributed by atoms with van der Waals surface area (Å²) in [5.41, 5.74) is 3.18. The van der Waals surface area contributed by atoms with Crippen LogP contribution in [0.2, 0.25) is 0 Å². The molecule has 1 amide bonds. The van der Waals surface area contributed by atoms with Crippen LogP contribution in [0.25, 0.3) is 22.4 Å². The van der Waals surface area contributed by atoms with E-state index in [2.05, 4.69) is 20.2 Å². The van der Waals surface area contributed by atoms with Gasteiger partial charge in [-0.3, -0.25) is 9.78 Å². The number of aryl methyl sites for hydroxylation is 1. The lowest BCUT2D eigenvalue weighted by Crippen LogP contribution is -2.39. The first kappa shape index (κ1) is 17.9. The Kier molecular flexibility index (Phi) is 4.55. The zero-order valence-electron chi connectivity index (χ0n) is 15.9. The van der Waals surface area contributed by atoms with Crippen molar-refractivity contribution in [1.82, 2.24) is 25.1 Å². The normalized spacial score (nSPS) is 17.0. The molecule has 0 aliphatic carbocycles. The highest BCUT2D eigenvalue weighted by Gasteiger charge is 2.30. The van der Waals surface area contributed by atoms with Crippen LogP contribution in [-0.4, -0.2) is 44.1 Å². The molecule has 1 aliphatic rings. The Labute approximate surface area is 171 Å². The van der Waals surface area contributed by atoms with E-state index >= 15 is 0 Å². The fourth-order valence-electron chi connectivity index (χ4n) is 3.80. The molecule has 1 fully saturated rings. The maximum Gasteiger partial charge on any atom is 0.266 e. The number of hydrogen-bond acceptors (Lipinski definition) is 7. The van der Waals surface area contributed by atoms with Gasteiger partial charge in [0.25, 0.3) is 11.8 Å². The number of carbonyl (C=O) groups excluding carboxylic acids is 1. The van der Waals surface area contributed by atoms with E-state index in [4.69, 9.17) is 4.42 Å². The summed E-state index contributed by atoms with van der Waals surface area (Å²) >= 11 is 1.39. The Morgan fingerprint density at radius 3 is 2.97 bits per heavy atom. The van der Waals surface area contributed by atoms with Gasteiger partial charge in [-0.15, -0.1) is 21.5 Å². The van der Waals surface area contributed by atoms with E-state index in [1.165, 1.54) is 11.3 Å². The standard InChI is InChI=1S/C21H19N5O2S/c1-13-18(29-12-23-13)21(27)26-10-4-6-15(11-26)19-24-25-20(28-19)17-16-7-3-2-5-14(16)8-9-22-17/h2-3,5,7-9,12,15H,4,6,10-11H2,1H3. The molecule has 1 atom stereocenters. The molecule has 1 aromatic carbocycles. The fraction of sp³-hybridized carbons (Fsp3) is 0.286. The van der Waals surface area contributed by atoms with Crippen LogP contribution in [-0.2, 0) is 0 Å². The van der Waals surface area contributed by atoms with Gasteiger partial charge in [-0.05, 0) is 31.2 Å². The van der Waals surface area contributed by atoms with Gasteiger partial charge in [-0.1, -0.05) is 24.3 Å². The average Bonchev–Trinajstić information content (AvgIpc) is 3.42. The van der Waals surface area contributed by atoms with Crippen molar-refractivity contribution in [2.75, 3.05) is 13.1 Å². The number of piperidine rings is 1. The number of pyridine rings is 1. The largest absolute Gasteiger partial charge is 0.419 e. The van der Waals surface area contributed by atoms with Crippen molar-refractivity contribution >= 4 is 28.0 Å². The summed E-state index contributed by atoms with van der Waals surface area (Å²) in [7, 11) is 0. The van der Waals surface area contributed by atoms with Crippen molar-refractivity contribution in [3.8, 4) is 11.6 Å². The Morgan fingerprint density at radius 2 is 2.10 bits per heavy atom. The predicted octanol–water partition coefficient (Wildman–Crippen LogP) is 4.07. The molecule has 1 unspecified atom stereocenters. The number of rotatable bonds is 3. The molecule has 1 saturated heterocycles. The van der Waals surface area contributed by atoms with Gasteiger partial charge >= 0.3 is 0 Å². The minimum Gasteiger partial charge on any atom is -0.419 e. The number of likely N-dealkylation sites (tertiary alicyclic amines) is 1. The van der Waals surface area contributed by atoms with Crippen LogP contribution in [0.5, 0.6) is 0 Å². The highest BCUT2D eigenvalue weighted by atomic mass is 32.1. The number of amides is 1. The molecule has 29 heavy (non-hydrogen) atoms. The zero-order valence-corrected chi connectivity index (χ0v) is 16.7. The Balaban J connectivity index is 1.40. The summed E-state index contributed by atoms with van der Waals surface area (Å²) in [6.45, 7) is 3.17. The average molecular weight is 405 g/mol. The number of fused-ring (bicyclic) bond motifs is 1. The molecule has 0 N–H and O–H groups in total. The molecular weight excluding hydrogens is 386 g/mol. The molecule has 1 aliphatic heterocycles. The van der Waals surface area contributed by atoms with E-state index in [-0.39, 0.29) is 11.8 Å². The van der Waals surface area contributed by atoms with Crippen LogP contribution in [0.3, 0.4) is 0 Å². The van der Waals surface area contributed by atoms with Crippen molar-refractivity contribution in [2.45, 2.75) is 25.7 Å². The summed E-state index contributed by atoms with van der Waals surface area (Å²) in [6.07, 6.45) is 3.56. The summed E-state index contributed by atoms with van der Waals surface area (Å²) in [5, 5.41) is 10.6. The predicted molar refractivity (Wildman–Crippen MR) is 110 cm³/mol. The molecule has 0 saturated carbocycles. The molecule has 4 heterocycles. The molecule has 5 rings (SSSR count). The van der Waals surface area contributed by atoms with Gasteiger partial charge in [0.05, 0.1) is 17.1 Å². The van der Waals surface area contributed by atoms with Crippen LogP contribution in [0.1, 0.15) is 40.0 Å². The summed E-state index contributed by atoms with van der Waals surface area (Å²) in [5.74, 6) is 1.04. The quantitative estimate of drug-likeness (QED) is 0.511. The second-order valence-electron chi connectivity index (χ2n) is 7.18. The molecule has 7 nitrogen and oxygen atoms in total. The zero-order chi connectivity index (χ0) is 19.8. The van der Waals surface area contributed by atoms with Crippen molar-refractivity contribution < 1.29 is 9.21 Å². The van der Waals surface area contributed by atoms with Gasteiger partial charge in [-0.25, -0.2) is 4.98 Å². The minimum atomic E-state index is 0.0251. The summed E-state index contributed by atoms with van der Waals surface area (Å²) in [6, 6.07) is 9.95. The highest BCUT2D eigenvalue weighted by molar-refractivity contribution is 7.11. The van der Waals surface area contributed by atoms with Gasteiger partial charge in [0.1, 0.15) is 10.6 Å². The van der Waals surface area contributed by atoms with E-state index in [9.17, 15) is 4.79 Å². The lowest BCUT2D eigenvalue weighted by Gasteiger charge is -2.30. The number of benzene rings is 1. The van der Waals surface area contributed by atoms with Gasteiger partial charge < -0.3 is 9.32 Å². The van der Waals surface area contributed by atoms with E-state index in [1.807, 2.05) is 42.2 Å². The Bertz CT molecular complexity index is 1180. The van der Waals surface area contributed by atoms with E-state index in [1.54, 1.807) is 11.7 Å². The maximum atomic E-state index is 12.9. The number of aromatic nitrogens is 4. The van der Waals surface area contributed by atoms with Crippen LogP contribution in [0, 0.1) is 6.92 Å². The monoisotopic (exact) mass is 405 g/mol.